The number of morpholine rings is 1. The van der Waals surface area contributed by atoms with Crippen molar-refractivity contribution in [2.75, 3.05) is 39.4 Å². The second-order valence-electron chi connectivity index (χ2n) is 6.47. The van der Waals surface area contributed by atoms with Crippen LogP contribution in [0.2, 0.25) is 0 Å². The fourth-order valence-electron chi connectivity index (χ4n) is 3.11. The van der Waals surface area contributed by atoms with Gasteiger partial charge in [-0.3, -0.25) is 14.5 Å². The predicted octanol–water partition coefficient (Wildman–Crippen LogP) is 1.48. The van der Waals surface area contributed by atoms with Crippen LogP contribution in [-0.2, 0) is 16.1 Å². The number of carbonyl (C=O) groups excluding carboxylic acids is 2. The summed E-state index contributed by atoms with van der Waals surface area (Å²) in [4.78, 5) is 27.3. The minimum Gasteiger partial charge on any atom is -0.379 e. The van der Waals surface area contributed by atoms with Crippen molar-refractivity contribution in [1.82, 2.24) is 14.8 Å². The number of hydrogen-bond acceptors (Lipinski definition) is 4. The zero-order chi connectivity index (χ0) is 18.4. The molecule has 0 aliphatic carbocycles. The highest BCUT2D eigenvalue weighted by molar-refractivity contribution is 6.09. The number of nitrogens with zero attached hydrogens (tertiary/aromatic N) is 2. The number of aryl methyl sites for hydroxylation is 1. The second kappa shape index (κ2) is 8.78. The second-order valence-corrected chi connectivity index (χ2v) is 6.47. The van der Waals surface area contributed by atoms with Gasteiger partial charge in [-0.05, 0) is 24.6 Å². The van der Waals surface area contributed by atoms with Gasteiger partial charge in [0.2, 0.25) is 11.7 Å². The summed E-state index contributed by atoms with van der Waals surface area (Å²) in [5, 5.41) is 2.93. The van der Waals surface area contributed by atoms with E-state index in [0.717, 1.165) is 38.4 Å². The Morgan fingerprint density at radius 3 is 2.65 bits per heavy atom. The van der Waals surface area contributed by atoms with E-state index in [4.69, 9.17) is 4.74 Å². The van der Waals surface area contributed by atoms with Crippen LogP contribution in [0.4, 0.5) is 0 Å². The van der Waals surface area contributed by atoms with Gasteiger partial charge in [-0.15, -0.1) is 0 Å². The Morgan fingerprint density at radius 2 is 1.88 bits per heavy atom. The van der Waals surface area contributed by atoms with E-state index in [1.165, 1.54) is 0 Å². The first kappa shape index (κ1) is 18.4. The Hall–Kier alpha value is -2.44. The van der Waals surface area contributed by atoms with E-state index in [9.17, 15) is 9.59 Å². The van der Waals surface area contributed by atoms with Crippen molar-refractivity contribution in [3.8, 4) is 0 Å². The zero-order valence-corrected chi connectivity index (χ0v) is 15.1. The molecule has 3 rings (SSSR count). The van der Waals surface area contributed by atoms with Crippen molar-refractivity contribution in [3.63, 3.8) is 0 Å². The van der Waals surface area contributed by atoms with Crippen molar-refractivity contribution in [3.05, 3.63) is 59.4 Å². The number of hydrogen-bond donors (Lipinski definition) is 1. The Kier molecular flexibility index (Phi) is 6.20. The predicted molar refractivity (Wildman–Crippen MR) is 99.3 cm³/mol. The molecule has 0 unspecified atom stereocenters. The van der Waals surface area contributed by atoms with Crippen molar-refractivity contribution < 1.29 is 14.3 Å². The summed E-state index contributed by atoms with van der Waals surface area (Å²) in [5.41, 5.74) is 2.13. The molecule has 1 fully saturated rings. The van der Waals surface area contributed by atoms with Crippen LogP contribution in [0, 0.1) is 6.92 Å². The van der Waals surface area contributed by atoms with E-state index in [-0.39, 0.29) is 18.2 Å². The molecular weight excluding hydrogens is 330 g/mol. The Labute approximate surface area is 153 Å². The van der Waals surface area contributed by atoms with Crippen molar-refractivity contribution >= 4 is 11.7 Å². The molecule has 1 aromatic heterocycles. The molecule has 1 aliphatic rings. The number of carbonyl (C=O) groups is 2. The summed E-state index contributed by atoms with van der Waals surface area (Å²) < 4.78 is 7.02. The van der Waals surface area contributed by atoms with Crippen molar-refractivity contribution in [1.29, 1.82) is 0 Å². The van der Waals surface area contributed by atoms with Crippen molar-refractivity contribution in [2.45, 2.75) is 13.5 Å². The van der Waals surface area contributed by atoms with Crippen molar-refractivity contribution in [2.24, 2.45) is 0 Å². The molecule has 138 valence electrons. The standard InChI is InChI=1S/C20H25N3O3/c1-16-5-2-3-6-17(16)20(25)18-7-4-9-23(18)15-19(24)21-8-10-22-11-13-26-14-12-22/h2-7,9H,8,10-15H2,1H3,(H,21,24). The molecule has 0 radical (unpaired) electrons. The highest BCUT2D eigenvalue weighted by Gasteiger charge is 2.16. The van der Waals surface area contributed by atoms with Crippen LogP contribution in [0.25, 0.3) is 0 Å². The van der Waals surface area contributed by atoms with E-state index < -0.39 is 0 Å². The molecule has 6 nitrogen and oxygen atoms in total. The number of aromatic nitrogens is 1. The van der Waals surface area contributed by atoms with Gasteiger partial charge in [0.1, 0.15) is 6.54 Å². The van der Waals surface area contributed by atoms with Gasteiger partial charge in [0.25, 0.3) is 0 Å². The van der Waals surface area contributed by atoms with Gasteiger partial charge >= 0.3 is 0 Å². The quantitative estimate of drug-likeness (QED) is 0.764. The van der Waals surface area contributed by atoms with Crippen LogP contribution in [-0.4, -0.2) is 60.6 Å². The van der Waals surface area contributed by atoms with E-state index >= 15 is 0 Å². The topological polar surface area (TPSA) is 63.6 Å². The number of nitrogens with one attached hydrogen (secondary N) is 1. The average Bonchev–Trinajstić information content (AvgIpc) is 3.10. The summed E-state index contributed by atoms with van der Waals surface area (Å²) in [5.74, 6) is -0.150. The molecular formula is C20H25N3O3. The lowest BCUT2D eigenvalue weighted by Crippen LogP contribution is -2.41. The summed E-state index contributed by atoms with van der Waals surface area (Å²) >= 11 is 0. The molecule has 6 heteroatoms. The summed E-state index contributed by atoms with van der Waals surface area (Å²) in [6, 6.07) is 11.1. The minimum atomic E-state index is -0.0895. The van der Waals surface area contributed by atoms with E-state index in [0.29, 0.717) is 17.8 Å². The van der Waals surface area contributed by atoms with Gasteiger partial charge in [-0.2, -0.15) is 0 Å². The highest BCUT2D eigenvalue weighted by atomic mass is 16.5. The van der Waals surface area contributed by atoms with Gasteiger partial charge in [0.05, 0.1) is 18.9 Å². The fourth-order valence-corrected chi connectivity index (χ4v) is 3.11. The van der Waals surface area contributed by atoms with Gasteiger partial charge in [0.15, 0.2) is 0 Å². The zero-order valence-electron chi connectivity index (χ0n) is 15.1. The third-order valence-electron chi connectivity index (χ3n) is 4.62. The van der Waals surface area contributed by atoms with E-state index in [1.807, 2.05) is 31.2 Å². The average molecular weight is 355 g/mol. The lowest BCUT2D eigenvalue weighted by Gasteiger charge is -2.26. The molecule has 0 bridgehead atoms. The molecule has 2 heterocycles. The van der Waals surface area contributed by atoms with Gasteiger partial charge in [0, 0.05) is 37.9 Å². The number of rotatable bonds is 7. The molecule has 1 amide bonds. The van der Waals surface area contributed by atoms with Crippen LogP contribution in [0.5, 0.6) is 0 Å². The van der Waals surface area contributed by atoms with Crippen LogP contribution in [0.3, 0.4) is 0 Å². The lowest BCUT2D eigenvalue weighted by molar-refractivity contribution is -0.121. The monoisotopic (exact) mass is 355 g/mol. The largest absolute Gasteiger partial charge is 0.379 e. The number of ether oxygens (including phenoxy) is 1. The van der Waals surface area contributed by atoms with E-state index in [1.54, 1.807) is 22.9 Å². The summed E-state index contributed by atoms with van der Waals surface area (Å²) in [6.45, 7) is 6.79. The molecule has 0 atom stereocenters. The van der Waals surface area contributed by atoms with Crippen LogP contribution >= 0.6 is 0 Å². The van der Waals surface area contributed by atoms with Crippen LogP contribution in [0.15, 0.2) is 42.6 Å². The van der Waals surface area contributed by atoms with Gasteiger partial charge in [-0.1, -0.05) is 24.3 Å². The first-order chi connectivity index (χ1) is 12.6. The SMILES string of the molecule is Cc1ccccc1C(=O)c1cccn1CC(=O)NCCN1CCOCC1. The summed E-state index contributed by atoms with van der Waals surface area (Å²) in [6.07, 6.45) is 1.77. The molecule has 1 aromatic carbocycles. The molecule has 1 N–H and O–H groups in total. The molecule has 2 aromatic rings. The molecule has 1 saturated heterocycles. The van der Waals surface area contributed by atoms with Crippen LogP contribution < -0.4 is 5.32 Å². The summed E-state index contributed by atoms with van der Waals surface area (Å²) in [7, 11) is 0. The van der Waals surface area contributed by atoms with Gasteiger partial charge < -0.3 is 14.6 Å². The minimum absolute atomic E-state index is 0.0609. The third-order valence-corrected chi connectivity index (χ3v) is 4.62. The maximum atomic E-state index is 12.8. The Balaban J connectivity index is 1.55. The third kappa shape index (κ3) is 4.59. The molecule has 0 saturated carbocycles. The number of benzene rings is 1. The van der Waals surface area contributed by atoms with Crippen LogP contribution in [0.1, 0.15) is 21.6 Å². The lowest BCUT2D eigenvalue weighted by atomic mass is 10.0. The maximum Gasteiger partial charge on any atom is 0.239 e. The Morgan fingerprint density at radius 1 is 1.12 bits per heavy atom. The number of ketones is 1. The maximum absolute atomic E-state index is 12.8. The first-order valence-electron chi connectivity index (χ1n) is 8.97. The molecule has 26 heavy (non-hydrogen) atoms. The normalized spacial score (nSPS) is 15.0. The number of amides is 1. The smallest absolute Gasteiger partial charge is 0.239 e. The fraction of sp³-hybridized carbons (Fsp3) is 0.400. The molecule has 0 spiro atoms. The first-order valence-corrected chi connectivity index (χ1v) is 8.97. The van der Waals surface area contributed by atoms with Gasteiger partial charge in [-0.25, -0.2) is 0 Å². The molecule has 1 aliphatic heterocycles. The van der Waals surface area contributed by atoms with E-state index in [2.05, 4.69) is 10.2 Å². The highest BCUT2D eigenvalue weighted by Crippen LogP contribution is 2.14. The Bertz CT molecular complexity index is 763.